The fourth-order valence-electron chi connectivity index (χ4n) is 6.16. The average Bonchev–Trinajstić information content (AvgIpc) is 3.63. The summed E-state index contributed by atoms with van der Waals surface area (Å²) in [6.45, 7) is 0. The third kappa shape index (κ3) is 3.16. The van der Waals surface area contributed by atoms with Gasteiger partial charge in [0.2, 0.25) is 11.8 Å². The fourth-order valence-corrected chi connectivity index (χ4v) is 6.16. The number of hydrogen-bond acceptors (Lipinski definition) is 9. The number of anilines is 2. The number of imide groups is 1. The molecule has 12 heteroatoms. The molecule has 198 valence electrons. The van der Waals surface area contributed by atoms with Crippen molar-refractivity contribution in [2.24, 2.45) is 11.8 Å². The van der Waals surface area contributed by atoms with Crippen LogP contribution in [0.4, 0.5) is 17.1 Å². The molecule has 4 unspecified atom stereocenters. The number of rotatable bonds is 4. The molecular weight excluding hydrogens is 516 g/mol. The number of carbonyl (C=O) groups is 3. The Labute approximate surface area is 226 Å². The molecule has 2 saturated heterocycles. The minimum absolute atomic E-state index is 0.0368. The Hall–Kier alpha value is -5.39. The number of benzene rings is 3. The predicted octanol–water partition coefficient (Wildman–Crippen LogP) is 3.08. The number of non-ortho nitro benzene ring substituents is 1. The summed E-state index contributed by atoms with van der Waals surface area (Å²) in [5.74, 6) is -3.61. The monoisotopic (exact) mass is 536 g/mol. The summed E-state index contributed by atoms with van der Waals surface area (Å²) in [4.78, 5) is 56.2. The first kappa shape index (κ1) is 23.7. The number of amides is 2. The molecule has 0 saturated carbocycles. The highest BCUT2D eigenvalue weighted by atomic mass is 16.6. The number of ether oxygens (including phenoxy) is 1. The van der Waals surface area contributed by atoms with Gasteiger partial charge in [0, 0.05) is 17.8 Å². The molecule has 7 rings (SSSR count). The number of aromatic nitrogens is 3. The first-order valence-corrected chi connectivity index (χ1v) is 12.5. The second-order valence-corrected chi connectivity index (χ2v) is 9.77. The summed E-state index contributed by atoms with van der Waals surface area (Å²) in [6.07, 6.45) is 3.70. The standard InChI is InChI=1S/C28H20N6O6/c1-40-22-13-11-16(34(38)39)14-21(22)32-26(35)23-20-12-10-15-6-2-4-8-18(15)31(20)25(24(23)27(32)36)28(37)33-19-9-5-3-7-17(19)29-30-33/h2-14,20,23-25H,1H3. The zero-order valence-electron chi connectivity index (χ0n) is 20.9. The maximum atomic E-state index is 14.3. The second kappa shape index (κ2) is 8.56. The molecule has 2 fully saturated rings. The molecule has 4 aromatic rings. The van der Waals surface area contributed by atoms with Crippen molar-refractivity contribution in [2.45, 2.75) is 12.1 Å². The highest BCUT2D eigenvalue weighted by Crippen LogP contribution is 2.50. The smallest absolute Gasteiger partial charge is 0.272 e. The lowest BCUT2D eigenvalue weighted by molar-refractivity contribution is -0.384. The van der Waals surface area contributed by atoms with E-state index in [1.54, 1.807) is 24.3 Å². The van der Waals surface area contributed by atoms with Crippen molar-refractivity contribution in [1.82, 2.24) is 15.0 Å². The summed E-state index contributed by atoms with van der Waals surface area (Å²) in [6, 6.07) is 16.4. The Morgan fingerprint density at radius 3 is 2.52 bits per heavy atom. The maximum absolute atomic E-state index is 14.3. The molecule has 40 heavy (non-hydrogen) atoms. The van der Waals surface area contributed by atoms with Gasteiger partial charge in [-0.15, -0.1) is 5.10 Å². The third-order valence-electron chi connectivity index (χ3n) is 7.84. The van der Waals surface area contributed by atoms with E-state index in [1.165, 1.54) is 23.9 Å². The van der Waals surface area contributed by atoms with Crippen LogP contribution in [-0.4, -0.2) is 56.8 Å². The zero-order valence-corrected chi connectivity index (χ0v) is 20.9. The van der Waals surface area contributed by atoms with E-state index in [4.69, 9.17) is 4.74 Å². The van der Waals surface area contributed by atoms with Crippen molar-refractivity contribution in [3.8, 4) is 5.75 Å². The van der Waals surface area contributed by atoms with Gasteiger partial charge in [-0.3, -0.25) is 24.5 Å². The van der Waals surface area contributed by atoms with Crippen LogP contribution in [-0.2, 0) is 9.59 Å². The Kier molecular flexibility index (Phi) is 5.07. The average molecular weight is 537 g/mol. The van der Waals surface area contributed by atoms with Gasteiger partial charge in [-0.2, -0.15) is 4.68 Å². The van der Waals surface area contributed by atoms with Crippen molar-refractivity contribution >= 4 is 51.9 Å². The third-order valence-corrected chi connectivity index (χ3v) is 7.84. The first-order valence-electron chi connectivity index (χ1n) is 12.5. The van der Waals surface area contributed by atoms with E-state index in [0.29, 0.717) is 16.7 Å². The van der Waals surface area contributed by atoms with Gasteiger partial charge in [0.15, 0.2) is 0 Å². The molecule has 3 aliphatic rings. The van der Waals surface area contributed by atoms with E-state index in [2.05, 4.69) is 10.3 Å². The van der Waals surface area contributed by atoms with Gasteiger partial charge in [0.05, 0.1) is 35.4 Å². The number of para-hydroxylation sites is 2. The molecule has 4 atom stereocenters. The molecule has 3 aliphatic heterocycles. The largest absolute Gasteiger partial charge is 0.495 e. The summed E-state index contributed by atoms with van der Waals surface area (Å²) in [5.41, 5.74) is 2.21. The van der Waals surface area contributed by atoms with E-state index in [9.17, 15) is 24.5 Å². The number of nitrogens with zero attached hydrogens (tertiary/aromatic N) is 6. The van der Waals surface area contributed by atoms with Crippen molar-refractivity contribution in [2.75, 3.05) is 16.9 Å². The fraction of sp³-hybridized carbons (Fsp3) is 0.179. The van der Waals surface area contributed by atoms with Gasteiger partial charge in [-0.1, -0.05) is 47.7 Å². The van der Waals surface area contributed by atoms with Crippen LogP contribution in [0.2, 0.25) is 0 Å². The molecule has 0 radical (unpaired) electrons. The number of methoxy groups -OCH3 is 1. The lowest BCUT2D eigenvalue weighted by Crippen LogP contribution is -2.50. The zero-order chi connectivity index (χ0) is 27.7. The van der Waals surface area contributed by atoms with Crippen molar-refractivity contribution < 1.29 is 24.0 Å². The van der Waals surface area contributed by atoms with Gasteiger partial charge in [0.1, 0.15) is 23.0 Å². The van der Waals surface area contributed by atoms with Crippen molar-refractivity contribution in [3.63, 3.8) is 0 Å². The van der Waals surface area contributed by atoms with Crippen LogP contribution in [0.15, 0.2) is 72.8 Å². The topological polar surface area (TPSA) is 141 Å². The van der Waals surface area contributed by atoms with Gasteiger partial charge in [-0.25, -0.2) is 4.90 Å². The van der Waals surface area contributed by atoms with Crippen molar-refractivity contribution in [3.05, 3.63) is 88.5 Å². The minimum atomic E-state index is -1.10. The Morgan fingerprint density at radius 1 is 0.975 bits per heavy atom. The Bertz CT molecular complexity index is 1800. The maximum Gasteiger partial charge on any atom is 0.272 e. The molecule has 0 aliphatic carbocycles. The van der Waals surface area contributed by atoms with Crippen LogP contribution >= 0.6 is 0 Å². The molecule has 0 spiro atoms. The molecule has 1 aromatic heterocycles. The summed E-state index contributed by atoms with van der Waals surface area (Å²) >= 11 is 0. The van der Waals surface area contributed by atoms with Crippen LogP contribution in [0.1, 0.15) is 10.4 Å². The summed E-state index contributed by atoms with van der Waals surface area (Å²) < 4.78 is 6.54. The molecule has 4 heterocycles. The van der Waals surface area contributed by atoms with E-state index in [-0.39, 0.29) is 17.1 Å². The second-order valence-electron chi connectivity index (χ2n) is 9.77. The number of carbonyl (C=O) groups excluding carboxylic acids is 3. The molecule has 12 nitrogen and oxygen atoms in total. The highest BCUT2D eigenvalue weighted by Gasteiger charge is 2.65. The summed E-state index contributed by atoms with van der Waals surface area (Å²) in [5, 5.41) is 19.7. The van der Waals surface area contributed by atoms with Gasteiger partial charge >= 0.3 is 0 Å². The number of fused-ring (bicyclic) bond motifs is 6. The van der Waals surface area contributed by atoms with Crippen LogP contribution in [0.5, 0.6) is 5.75 Å². The molecule has 0 N–H and O–H groups in total. The molecule has 3 aromatic carbocycles. The Balaban J connectivity index is 1.40. The van der Waals surface area contributed by atoms with E-state index in [0.717, 1.165) is 16.5 Å². The molecular formula is C28H20N6O6. The SMILES string of the molecule is COc1ccc([N+](=O)[O-])cc1N1C(=O)C2C(C1=O)C(C(=O)n1nnc3ccccc31)N1c3ccccc3C=CC21. The minimum Gasteiger partial charge on any atom is -0.495 e. The molecule has 0 bridgehead atoms. The van der Waals surface area contributed by atoms with E-state index < -0.39 is 46.6 Å². The predicted molar refractivity (Wildman–Crippen MR) is 143 cm³/mol. The van der Waals surface area contributed by atoms with Crippen molar-refractivity contribution in [1.29, 1.82) is 0 Å². The summed E-state index contributed by atoms with van der Waals surface area (Å²) in [7, 11) is 1.35. The number of hydrogen-bond donors (Lipinski definition) is 0. The lowest BCUT2D eigenvalue weighted by atomic mass is 9.88. The highest BCUT2D eigenvalue weighted by molar-refractivity contribution is 6.25. The van der Waals surface area contributed by atoms with Gasteiger partial charge < -0.3 is 9.64 Å². The van der Waals surface area contributed by atoms with E-state index >= 15 is 0 Å². The van der Waals surface area contributed by atoms with Crippen LogP contribution < -0.4 is 14.5 Å². The first-order chi connectivity index (χ1) is 19.4. The number of nitro groups is 1. The molecule has 2 amide bonds. The number of nitro benzene ring substituents is 1. The van der Waals surface area contributed by atoms with Crippen LogP contribution in [0.25, 0.3) is 17.1 Å². The van der Waals surface area contributed by atoms with Gasteiger partial charge in [0.25, 0.3) is 11.6 Å². The quantitative estimate of drug-likeness (QED) is 0.219. The van der Waals surface area contributed by atoms with Crippen LogP contribution in [0, 0.1) is 22.0 Å². The normalized spacial score (nSPS) is 22.8. The lowest BCUT2D eigenvalue weighted by Gasteiger charge is -2.36. The van der Waals surface area contributed by atoms with E-state index in [1.807, 2.05) is 41.3 Å². The van der Waals surface area contributed by atoms with Gasteiger partial charge in [-0.05, 0) is 29.8 Å². The van der Waals surface area contributed by atoms with Crippen LogP contribution in [0.3, 0.4) is 0 Å². The Morgan fingerprint density at radius 2 is 1.73 bits per heavy atom.